The van der Waals surface area contributed by atoms with Gasteiger partial charge in [-0.05, 0) is 24.5 Å². The number of nitrogens with one attached hydrogen (secondary N) is 1. The van der Waals surface area contributed by atoms with E-state index < -0.39 is 11.6 Å². The average molecular weight is 276 g/mol. The fraction of sp³-hybridized carbons (Fsp3) is 0.462. The fourth-order valence-electron chi connectivity index (χ4n) is 1.63. The van der Waals surface area contributed by atoms with E-state index in [4.69, 9.17) is 11.6 Å². The van der Waals surface area contributed by atoms with Crippen LogP contribution in [0, 0.1) is 11.6 Å². The lowest BCUT2D eigenvalue weighted by Crippen LogP contribution is -2.35. The van der Waals surface area contributed by atoms with Crippen molar-refractivity contribution in [2.75, 3.05) is 5.88 Å². The first kappa shape index (κ1) is 14.9. The molecule has 0 aromatic heterocycles. The van der Waals surface area contributed by atoms with Gasteiger partial charge in [0.05, 0.1) is 6.42 Å². The number of halogens is 3. The molecule has 18 heavy (non-hydrogen) atoms. The molecule has 0 radical (unpaired) electrons. The molecule has 5 heteroatoms. The Morgan fingerprint density at radius 3 is 2.72 bits per heavy atom. The molecule has 0 aliphatic rings. The Morgan fingerprint density at radius 1 is 1.44 bits per heavy atom. The highest BCUT2D eigenvalue weighted by Crippen LogP contribution is 2.10. The maximum Gasteiger partial charge on any atom is 0.224 e. The molecule has 1 aromatic carbocycles. The van der Waals surface area contributed by atoms with E-state index in [1.54, 1.807) is 0 Å². The molecule has 1 aromatic rings. The summed E-state index contributed by atoms with van der Waals surface area (Å²) in [6, 6.07) is 3.20. The van der Waals surface area contributed by atoms with Gasteiger partial charge in [0.2, 0.25) is 5.91 Å². The van der Waals surface area contributed by atoms with Gasteiger partial charge in [-0.25, -0.2) is 8.78 Å². The Balaban J connectivity index is 2.58. The van der Waals surface area contributed by atoms with Crippen LogP contribution in [0.15, 0.2) is 18.2 Å². The number of alkyl halides is 1. The lowest BCUT2D eigenvalue weighted by Gasteiger charge is -2.15. The van der Waals surface area contributed by atoms with Gasteiger partial charge in [-0.15, -0.1) is 11.6 Å². The molecular weight excluding hydrogens is 260 g/mol. The zero-order chi connectivity index (χ0) is 13.5. The second-order valence-corrected chi connectivity index (χ2v) is 4.44. The summed E-state index contributed by atoms with van der Waals surface area (Å²) in [5.74, 6) is -1.16. The smallest absolute Gasteiger partial charge is 0.224 e. The molecule has 1 N–H and O–H groups in total. The lowest BCUT2D eigenvalue weighted by molar-refractivity contribution is -0.121. The summed E-state index contributed by atoms with van der Waals surface area (Å²) in [6.07, 6.45) is 1.35. The number of hydrogen-bond acceptors (Lipinski definition) is 1. The van der Waals surface area contributed by atoms with Crippen LogP contribution in [-0.4, -0.2) is 17.8 Å². The van der Waals surface area contributed by atoms with Gasteiger partial charge >= 0.3 is 0 Å². The van der Waals surface area contributed by atoms with E-state index in [0.29, 0.717) is 12.3 Å². The molecule has 1 atom stereocenters. The van der Waals surface area contributed by atoms with Crippen LogP contribution in [0.2, 0.25) is 0 Å². The molecule has 0 saturated heterocycles. The molecule has 1 unspecified atom stereocenters. The molecule has 0 aliphatic heterocycles. The Labute approximate surface area is 110 Å². The van der Waals surface area contributed by atoms with Crippen molar-refractivity contribution in [2.45, 2.75) is 32.2 Å². The molecule has 0 fully saturated rings. The number of benzene rings is 1. The summed E-state index contributed by atoms with van der Waals surface area (Å²) >= 11 is 5.61. The van der Waals surface area contributed by atoms with Crippen molar-refractivity contribution < 1.29 is 13.6 Å². The molecule has 0 aliphatic carbocycles. The fourth-order valence-corrected chi connectivity index (χ4v) is 1.89. The largest absolute Gasteiger partial charge is 0.353 e. The number of carbonyl (C=O) groups is 1. The minimum atomic E-state index is -0.699. The second-order valence-electron chi connectivity index (χ2n) is 4.06. The van der Waals surface area contributed by atoms with Crippen molar-refractivity contribution in [3.05, 3.63) is 35.4 Å². The first-order valence-corrected chi connectivity index (χ1v) is 6.39. The maximum absolute atomic E-state index is 13.3. The minimum absolute atomic E-state index is 0.00138. The summed E-state index contributed by atoms with van der Waals surface area (Å²) in [6.45, 7) is 1.94. The SMILES string of the molecule is CCC(CCCl)NC(=O)Cc1ccc(F)cc1F. The van der Waals surface area contributed by atoms with Gasteiger partial charge in [0.1, 0.15) is 11.6 Å². The first-order valence-electron chi connectivity index (χ1n) is 5.86. The Bertz CT molecular complexity index is 412. The van der Waals surface area contributed by atoms with E-state index in [1.807, 2.05) is 6.92 Å². The molecule has 100 valence electrons. The summed E-state index contributed by atoms with van der Waals surface area (Å²) in [4.78, 5) is 11.7. The standard InChI is InChI=1S/C13H16ClF2NO/c1-2-11(5-6-14)17-13(18)7-9-3-4-10(15)8-12(9)16/h3-4,8,11H,2,5-7H2,1H3,(H,17,18). The van der Waals surface area contributed by atoms with Crippen LogP contribution in [0.1, 0.15) is 25.3 Å². The van der Waals surface area contributed by atoms with Crippen molar-refractivity contribution in [3.63, 3.8) is 0 Å². The minimum Gasteiger partial charge on any atom is -0.353 e. The summed E-state index contributed by atoms with van der Waals surface area (Å²) < 4.78 is 26.0. The van der Waals surface area contributed by atoms with Crippen molar-refractivity contribution >= 4 is 17.5 Å². The van der Waals surface area contributed by atoms with Gasteiger partial charge in [-0.3, -0.25) is 4.79 Å². The summed E-state index contributed by atoms with van der Waals surface area (Å²) in [5.41, 5.74) is 0.189. The van der Waals surface area contributed by atoms with Crippen molar-refractivity contribution in [2.24, 2.45) is 0 Å². The maximum atomic E-state index is 13.3. The van der Waals surface area contributed by atoms with Crippen LogP contribution in [-0.2, 0) is 11.2 Å². The zero-order valence-electron chi connectivity index (χ0n) is 10.2. The Hall–Kier alpha value is -1.16. The predicted molar refractivity (Wildman–Crippen MR) is 67.6 cm³/mol. The Kier molecular flexibility index (Phi) is 6.05. The van der Waals surface area contributed by atoms with Crippen LogP contribution in [0.5, 0.6) is 0 Å². The second kappa shape index (κ2) is 7.31. The highest BCUT2D eigenvalue weighted by molar-refractivity contribution is 6.17. The highest BCUT2D eigenvalue weighted by atomic mass is 35.5. The van der Waals surface area contributed by atoms with Crippen molar-refractivity contribution in [1.82, 2.24) is 5.32 Å². The van der Waals surface area contributed by atoms with E-state index in [0.717, 1.165) is 18.6 Å². The van der Waals surface area contributed by atoms with Gasteiger partial charge in [0, 0.05) is 18.0 Å². The molecule has 1 amide bonds. The number of carbonyl (C=O) groups excluding carboxylic acids is 1. The normalized spacial score (nSPS) is 12.2. The van der Waals surface area contributed by atoms with E-state index in [9.17, 15) is 13.6 Å². The van der Waals surface area contributed by atoms with Crippen molar-refractivity contribution in [1.29, 1.82) is 0 Å². The molecule has 2 nitrogen and oxygen atoms in total. The van der Waals surface area contributed by atoms with Crippen molar-refractivity contribution in [3.8, 4) is 0 Å². The summed E-state index contributed by atoms with van der Waals surface area (Å²) in [5, 5.41) is 2.77. The van der Waals surface area contributed by atoms with E-state index in [2.05, 4.69) is 5.32 Å². The first-order chi connectivity index (χ1) is 8.56. The number of rotatable bonds is 6. The van der Waals surface area contributed by atoms with E-state index >= 15 is 0 Å². The van der Waals surface area contributed by atoms with E-state index in [-0.39, 0.29) is 23.9 Å². The van der Waals surface area contributed by atoms with Gasteiger partial charge in [0.15, 0.2) is 0 Å². The van der Waals surface area contributed by atoms with Gasteiger partial charge in [-0.1, -0.05) is 13.0 Å². The molecule has 0 heterocycles. The van der Waals surface area contributed by atoms with Crippen LogP contribution in [0.4, 0.5) is 8.78 Å². The number of hydrogen-bond donors (Lipinski definition) is 1. The molecule has 0 saturated carbocycles. The predicted octanol–water partition coefficient (Wildman–Crippen LogP) is 3.03. The van der Waals surface area contributed by atoms with Crippen LogP contribution < -0.4 is 5.32 Å². The topological polar surface area (TPSA) is 29.1 Å². The summed E-state index contributed by atoms with van der Waals surface area (Å²) in [7, 11) is 0. The van der Waals surface area contributed by atoms with E-state index in [1.165, 1.54) is 6.07 Å². The molecule has 0 spiro atoms. The monoisotopic (exact) mass is 275 g/mol. The van der Waals surface area contributed by atoms with Crippen LogP contribution in [0.25, 0.3) is 0 Å². The third kappa shape index (κ3) is 4.61. The van der Waals surface area contributed by atoms with Crippen LogP contribution >= 0.6 is 11.6 Å². The third-order valence-corrected chi connectivity index (χ3v) is 2.90. The number of amides is 1. The van der Waals surface area contributed by atoms with Gasteiger partial charge in [0.25, 0.3) is 0 Å². The van der Waals surface area contributed by atoms with Gasteiger partial charge in [-0.2, -0.15) is 0 Å². The molecular formula is C13H16ClF2NO. The van der Waals surface area contributed by atoms with Crippen LogP contribution in [0.3, 0.4) is 0 Å². The Morgan fingerprint density at radius 2 is 2.17 bits per heavy atom. The quantitative estimate of drug-likeness (QED) is 0.795. The van der Waals surface area contributed by atoms with Gasteiger partial charge < -0.3 is 5.32 Å². The lowest BCUT2D eigenvalue weighted by atomic mass is 10.1. The average Bonchev–Trinajstić information content (AvgIpc) is 2.32. The molecule has 1 rings (SSSR count). The molecule has 0 bridgehead atoms. The third-order valence-electron chi connectivity index (χ3n) is 2.68. The zero-order valence-corrected chi connectivity index (χ0v) is 10.9. The highest BCUT2D eigenvalue weighted by Gasteiger charge is 2.12.